The van der Waals surface area contributed by atoms with Gasteiger partial charge in [0.15, 0.2) is 0 Å². The Morgan fingerprint density at radius 3 is 2.80 bits per heavy atom. The maximum atomic E-state index is 12.8. The Morgan fingerprint density at radius 2 is 2.10 bits per heavy atom. The summed E-state index contributed by atoms with van der Waals surface area (Å²) >= 11 is 0. The SMILES string of the molecule is COC(=O)C1CCCCN1CCOc1ccc(F)cc1. The van der Waals surface area contributed by atoms with Crippen molar-refractivity contribution in [3.8, 4) is 5.75 Å². The van der Waals surface area contributed by atoms with Crippen LogP contribution < -0.4 is 4.74 Å². The average molecular weight is 281 g/mol. The Hall–Kier alpha value is -1.62. The van der Waals surface area contributed by atoms with Crippen LogP contribution in [-0.4, -0.2) is 43.7 Å². The Bertz CT molecular complexity index is 435. The van der Waals surface area contributed by atoms with Crippen LogP contribution in [0.15, 0.2) is 24.3 Å². The Labute approximate surface area is 118 Å². The zero-order chi connectivity index (χ0) is 14.4. The Morgan fingerprint density at radius 1 is 1.35 bits per heavy atom. The molecule has 110 valence electrons. The van der Waals surface area contributed by atoms with Gasteiger partial charge < -0.3 is 9.47 Å². The molecule has 1 heterocycles. The van der Waals surface area contributed by atoms with Gasteiger partial charge in [-0.3, -0.25) is 9.69 Å². The quantitative estimate of drug-likeness (QED) is 0.776. The van der Waals surface area contributed by atoms with Gasteiger partial charge in [0.25, 0.3) is 0 Å². The van der Waals surface area contributed by atoms with Crippen LogP contribution in [0.2, 0.25) is 0 Å². The van der Waals surface area contributed by atoms with Gasteiger partial charge >= 0.3 is 5.97 Å². The Kier molecular flexibility index (Phi) is 5.35. The molecule has 1 atom stereocenters. The first-order valence-electron chi connectivity index (χ1n) is 6.91. The lowest BCUT2D eigenvalue weighted by molar-refractivity contribution is -0.148. The maximum absolute atomic E-state index is 12.8. The van der Waals surface area contributed by atoms with Crippen molar-refractivity contribution in [3.63, 3.8) is 0 Å². The van der Waals surface area contributed by atoms with Crippen molar-refractivity contribution in [2.75, 3.05) is 26.8 Å². The van der Waals surface area contributed by atoms with Gasteiger partial charge in [-0.2, -0.15) is 0 Å². The molecule has 0 amide bonds. The van der Waals surface area contributed by atoms with Crippen molar-refractivity contribution >= 4 is 5.97 Å². The number of ether oxygens (including phenoxy) is 2. The summed E-state index contributed by atoms with van der Waals surface area (Å²) < 4.78 is 23.2. The number of hydrogen-bond donors (Lipinski definition) is 0. The van der Waals surface area contributed by atoms with Gasteiger partial charge in [0.1, 0.15) is 24.2 Å². The highest BCUT2D eigenvalue weighted by atomic mass is 19.1. The van der Waals surface area contributed by atoms with Gasteiger partial charge in [-0.1, -0.05) is 6.42 Å². The molecule has 20 heavy (non-hydrogen) atoms. The molecule has 1 aliphatic rings. The number of hydrogen-bond acceptors (Lipinski definition) is 4. The van der Waals surface area contributed by atoms with Crippen LogP contribution in [0.25, 0.3) is 0 Å². The first-order chi connectivity index (χ1) is 9.70. The highest BCUT2D eigenvalue weighted by molar-refractivity contribution is 5.75. The number of nitrogens with zero attached hydrogens (tertiary/aromatic N) is 1. The molecular formula is C15H20FNO3. The summed E-state index contributed by atoms with van der Waals surface area (Å²) in [5, 5.41) is 0. The summed E-state index contributed by atoms with van der Waals surface area (Å²) in [6, 6.07) is 5.78. The summed E-state index contributed by atoms with van der Waals surface area (Å²) in [6.45, 7) is 2.02. The maximum Gasteiger partial charge on any atom is 0.323 e. The summed E-state index contributed by atoms with van der Waals surface area (Å²) in [5.74, 6) is 0.184. The fourth-order valence-electron chi connectivity index (χ4n) is 2.47. The van der Waals surface area contributed by atoms with Crippen LogP contribution >= 0.6 is 0 Å². The smallest absolute Gasteiger partial charge is 0.323 e. The van der Waals surface area contributed by atoms with E-state index < -0.39 is 0 Å². The molecule has 1 unspecified atom stereocenters. The standard InChI is InChI=1S/C15H20FNO3/c1-19-15(18)14-4-2-3-9-17(14)10-11-20-13-7-5-12(16)6-8-13/h5-8,14H,2-4,9-11H2,1H3. The highest BCUT2D eigenvalue weighted by Gasteiger charge is 2.28. The van der Waals surface area contributed by atoms with E-state index in [1.165, 1.54) is 19.2 Å². The van der Waals surface area contributed by atoms with Gasteiger partial charge in [-0.15, -0.1) is 0 Å². The summed E-state index contributed by atoms with van der Waals surface area (Å²) in [7, 11) is 1.42. The topological polar surface area (TPSA) is 38.8 Å². The minimum Gasteiger partial charge on any atom is -0.492 e. The minimum atomic E-state index is -0.279. The molecule has 1 aliphatic heterocycles. The van der Waals surface area contributed by atoms with Gasteiger partial charge in [0.2, 0.25) is 0 Å². The van der Waals surface area contributed by atoms with Gasteiger partial charge in [-0.25, -0.2) is 4.39 Å². The van der Waals surface area contributed by atoms with Crippen LogP contribution in [0.3, 0.4) is 0 Å². The highest BCUT2D eigenvalue weighted by Crippen LogP contribution is 2.18. The predicted octanol–water partition coefficient (Wildman–Crippen LogP) is 2.23. The molecule has 1 aromatic carbocycles. The predicted molar refractivity (Wildman–Crippen MR) is 73.1 cm³/mol. The number of carbonyl (C=O) groups is 1. The number of likely N-dealkylation sites (tertiary alicyclic amines) is 1. The van der Waals surface area contributed by atoms with Gasteiger partial charge in [0, 0.05) is 6.54 Å². The lowest BCUT2D eigenvalue weighted by Crippen LogP contribution is -2.46. The van der Waals surface area contributed by atoms with E-state index in [9.17, 15) is 9.18 Å². The summed E-state index contributed by atoms with van der Waals surface area (Å²) in [5.41, 5.74) is 0. The van der Waals surface area contributed by atoms with Crippen molar-refractivity contribution in [3.05, 3.63) is 30.1 Å². The van der Waals surface area contributed by atoms with E-state index in [4.69, 9.17) is 9.47 Å². The van der Waals surface area contributed by atoms with Gasteiger partial charge in [-0.05, 0) is 43.7 Å². The molecule has 0 saturated carbocycles. The molecule has 5 heteroatoms. The largest absolute Gasteiger partial charge is 0.492 e. The molecule has 0 aromatic heterocycles. The van der Waals surface area contributed by atoms with Crippen molar-refractivity contribution in [2.45, 2.75) is 25.3 Å². The van der Waals surface area contributed by atoms with E-state index in [1.807, 2.05) is 0 Å². The van der Waals surface area contributed by atoms with Crippen molar-refractivity contribution in [1.29, 1.82) is 0 Å². The second-order valence-corrected chi connectivity index (χ2v) is 4.87. The number of halogens is 1. The molecule has 0 radical (unpaired) electrons. The molecule has 1 saturated heterocycles. The van der Waals surface area contributed by atoms with E-state index in [2.05, 4.69) is 4.90 Å². The van der Waals surface area contributed by atoms with Gasteiger partial charge in [0.05, 0.1) is 7.11 Å². The minimum absolute atomic E-state index is 0.162. The fourth-order valence-corrected chi connectivity index (χ4v) is 2.47. The molecule has 0 aliphatic carbocycles. The zero-order valence-corrected chi connectivity index (χ0v) is 11.7. The summed E-state index contributed by atoms with van der Waals surface area (Å²) in [4.78, 5) is 13.8. The van der Waals surface area contributed by atoms with Crippen LogP contribution in [0.5, 0.6) is 5.75 Å². The fraction of sp³-hybridized carbons (Fsp3) is 0.533. The lowest BCUT2D eigenvalue weighted by Gasteiger charge is -2.33. The number of rotatable bonds is 5. The molecule has 1 fully saturated rings. The zero-order valence-electron chi connectivity index (χ0n) is 11.7. The molecule has 2 rings (SSSR count). The number of benzene rings is 1. The van der Waals surface area contributed by atoms with E-state index in [0.29, 0.717) is 18.9 Å². The number of carbonyl (C=O) groups excluding carboxylic acids is 1. The van der Waals surface area contributed by atoms with Crippen LogP contribution in [0, 0.1) is 5.82 Å². The molecule has 4 nitrogen and oxygen atoms in total. The summed E-state index contributed by atoms with van der Waals surface area (Å²) in [6.07, 6.45) is 2.97. The lowest BCUT2D eigenvalue weighted by atomic mass is 10.0. The van der Waals surface area contributed by atoms with E-state index >= 15 is 0 Å². The van der Waals surface area contributed by atoms with Crippen molar-refractivity contribution < 1.29 is 18.7 Å². The normalized spacial score (nSPS) is 19.6. The van der Waals surface area contributed by atoms with Crippen LogP contribution in [0.4, 0.5) is 4.39 Å². The molecule has 1 aromatic rings. The van der Waals surface area contributed by atoms with Crippen molar-refractivity contribution in [1.82, 2.24) is 4.90 Å². The van der Waals surface area contributed by atoms with E-state index in [0.717, 1.165) is 25.8 Å². The molecular weight excluding hydrogens is 261 g/mol. The average Bonchev–Trinajstić information content (AvgIpc) is 2.49. The third kappa shape index (κ3) is 3.93. The molecule has 0 bridgehead atoms. The van der Waals surface area contributed by atoms with E-state index in [-0.39, 0.29) is 17.8 Å². The number of esters is 1. The third-order valence-electron chi connectivity index (χ3n) is 3.55. The first-order valence-corrected chi connectivity index (χ1v) is 6.91. The molecule has 0 N–H and O–H groups in total. The monoisotopic (exact) mass is 281 g/mol. The third-order valence-corrected chi connectivity index (χ3v) is 3.55. The number of methoxy groups -OCH3 is 1. The van der Waals surface area contributed by atoms with Crippen LogP contribution in [-0.2, 0) is 9.53 Å². The second-order valence-electron chi connectivity index (χ2n) is 4.87. The van der Waals surface area contributed by atoms with Crippen molar-refractivity contribution in [2.24, 2.45) is 0 Å². The first kappa shape index (κ1) is 14.8. The molecule has 0 spiro atoms. The number of piperidine rings is 1. The Balaban J connectivity index is 1.82. The second kappa shape index (κ2) is 7.24. The van der Waals surface area contributed by atoms with E-state index in [1.54, 1.807) is 12.1 Å². The van der Waals surface area contributed by atoms with Crippen LogP contribution in [0.1, 0.15) is 19.3 Å².